The fourth-order valence-corrected chi connectivity index (χ4v) is 13.4. The van der Waals surface area contributed by atoms with Crippen LogP contribution in [0.1, 0.15) is 396 Å². The highest BCUT2D eigenvalue weighted by Gasteiger charge is 2.30. The predicted octanol–water partition coefficient (Wildman–Crippen LogP) is 22.8. The van der Waals surface area contributed by atoms with Crippen LogP contribution in [0.2, 0.25) is 0 Å². The second-order valence-corrected chi connectivity index (χ2v) is 32.4. The molecule has 0 spiro atoms. The van der Waals surface area contributed by atoms with Crippen LogP contribution in [0.25, 0.3) is 0 Å². The van der Waals surface area contributed by atoms with Crippen molar-refractivity contribution < 1.29 is 80.2 Å². The molecule has 576 valence electrons. The summed E-state index contributed by atoms with van der Waals surface area (Å²) in [7, 11) is -9.91. The molecule has 0 aliphatic carbocycles. The van der Waals surface area contributed by atoms with E-state index in [1.807, 2.05) is 0 Å². The quantitative estimate of drug-likeness (QED) is 0.0222. The Balaban J connectivity index is 5.19. The molecule has 0 bridgehead atoms. The summed E-state index contributed by atoms with van der Waals surface area (Å²) in [5.74, 6) is 0.984. The van der Waals surface area contributed by atoms with Crippen molar-refractivity contribution in [1.29, 1.82) is 0 Å². The van der Waals surface area contributed by atoms with E-state index < -0.39 is 97.5 Å². The normalized spacial score (nSPS) is 14.6. The molecule has 7 atom stereocenters. The smallest absolute Gasteiger partial charge is 0.462 e. The van der Waals surface area contributed by atoms with Gasteiger partial charge in [0.1, 0.15) is 19.3 Å². The summed E-state index contributed by atoms with van der Waals surface area (Å²) in [5.41, 5.74) is 0. The lowest BCUT2D eigenvalue weighted by atomic mass is 9.99. The van der Waals surface area contributed by atoms with Crippen molar-refractivity contribution in [2.45, 2.75) is 414 Å². The molecule has 0 aromatic carbocycles. The highest BCUT2D eigenvalue weighted by molar-refractivity contribution is 7.47. The van der Waals surface area contributed by atoms with Gasteiger partial charge in [-0.2, -0.15) is 0 Å². The van der Waals surface area contributed by atoms with E-state index in [0.717, 1.165) is 114 Å². The van der Waals surface area contributed by atoms with Crippen molar-refractivity contribution in [3.8, 4) is 0 Å². The van der Waals surface area contributed by atoms with Crippen molar-refractivity contribution in [2.75, 3.05) is 39.6 Å². The van der Waals surface area contributed by atoms with Crippen LogP contribution in [0.4, 0.5) is 0 Å². The minimum absolute atomic E-state index is 0.105. The lowest BCUT2D eigenvalue weighted by molar-refractivity contribution is -0.161. The Bertz CT molecular complexity index is 1910. The maximum Gasteiger partial charge on any atom is 0.472 e. The van der Waals surface area contributed by atoms with E-state index in [4.69, 9.17) is 37.0 Å². The Morgan fingerprint density at radius 1 is 0.289 bits per heavy atom. The summed E-state index contributed by atoms with van der Waals surface area (Å²) < 4.78 is 68.5. The molecule has 0 aliphatic heterocycles. The monoisotopic (exact) mass is 1420 g/mol. The van der Waals surface area contributed by atoms with Gasteiger partial charge in [-0.3, -0.25) is 37.3 Å². The third kappa shape index (κ3) is 69.5. The number of carbonyl (C=O) groups excluding carboxylic acids is 4. The van der Waals surface area contributed by atoms with E-state index >= 15 is 0 Å². The topological polar surface area (TPSA) is 237 Å². The van der Waals surface area contributed by atoms with Gasteiger partial charge in [-0.15, -0.1) is 0 Å². The molecule has 0 aromatic heterocycles. The van der Waals surface area contributed by atoms with Gasteiger partial charge < -0.3 is 33.8 Å². The molecule has 0 amide bonds. The molecule has 17 nitrogen and oxygen atoms in total. The van der Waals surface area contributed by atoms with Crippen LogP contribution >= 0.6 is 15.6 Å². The minimum atomic E-state index is -4.96. The average molecular weight is 1420 g/mol. The van der Waals surface area contributed by atoms with E-state index in [0.29, 0.717) is 31.6 Å². The van der Waals surface area contributed by atoms with Crippen LogP contribution in [-0.4, -0.2) is 96.7 Å². The standard InChI is InChI=1S/C78H152O17P2/c1-9-70(7)56-48-40-32-23-19-17-15-13-11-12-14-16-18-20-25-35-44-52-60-77(82)94-73(64-88-75(80)58-50-42-34-28-27-30-38-46-54-68(3)4)66-92-96(84,85)90-62-72(79)63-91-97(86,87)93-67-74(65-89-76(81)59-51-43-37-29-31-39-47-55-69(5)6)95-78(83)61-53-45-36-26-22-21-24-33-41-49-57-71(8)10-2/h68-74,79H,9-67H2,1-8H3,(H,84,85)(H,86,87)/t70?,71?,72?,73-,74-/m1/s1. The number of rotatable bonds is 75. The van der Waals surface area contributed by atoms with Crippen molar-refractivity contribution >= 4 is 39.5 Å². The van der Waals surface area contributed by atoms with Crippen LogP contribution in [0.3, 0.4) is 0 Å². The molecule has 5 unspecified atom stereocenters. The lowest BCUT2D eigenvalue weighted by Crippen LogP contribution is -2.30. The maximum atomic E-state index is 13.1. The van der Waals surface area contributed by atoms with Gasteiger partial charge in [-0.25, -0.2) is 9.13 Å². The molecule has 97 heavy (non-hydrogen) atoms. The lowest BCUT2D eigenvalue weighted by Gasteiger charge is -2.21. The Morgan fingerprint density at radius 3 is 0.732 bits per heavy atom. The molecule has 0 heterocycles. The van der Waals surface area contributed by atoms with E-state index in [9.17, 15) is 43.2 Å². The third-order valence-corrected chi connectivity index (χ3v) is 20.7. The second kappa shape index (κ2) is 67.2. The van der Waals surface area contributed by atoms with Crippen LogP contribution in [0.15, 0.2) is 0 Å². The van der Waals surface area contributed by atoms with Crippen LogP contribution in [-0.2, 0) is 65.4 Å². The largest absolute Gasteiger partial charge is 0.472 e. The molecule has 0 fully saturated rings. The van der Waals surface area contributed by atoms with Crippen molar-refractivity contribution in [3.05, 3.63) is 0 Å². The summed E-state index contributed by atoms with van der Waals surface area (Å²) in [4.78, 5) is 72.8. The van der Waals surface area contributed by atoms with Crippen LogP contribution in [0.5, 0.6) is 0 Å². The van der Waals surface area contributed by atoms with Crippen LogP contribution in [0, 0.1) is 23.7 Å². The fraction of sp³-hybridized carbons (Fsp3) is 0.949. The first-order valence-corrected chi connectivity index (χ1v) is 43.3. The zero-order chi connectivity index (χ0) is 71.7. The molecular formula is C78H152O17P2. The van der Waals surface area contributed by atoms with Gasteiger partial charge in [-0.1, -0.05) is 344 Å². The Kier molecular flexibility index (Phi) is 65.9. The molecule has 0 saturated heterocycles. The summed E-state index contributed by atoms with van der Waals surface area (Å²) in [6.45, 7) is 14.2. The molecule has 0 aromatic rings. The Hall–Kier alpha value is -1.94. The van der Waals surface area contributed by atoms with E-state index in [2.05, 4.69) is 55.4 Å². The molecule has 19 heteroatoms. The summed E-state index contributed by atoms with van der Waals surface area (Å²) in [6, 6.07) is 0. The van der Waals surface area contributed by atoms with Crippen LogP contribution < -0.4 is 0 Å². The van der Waals surface area contributed by atoms with E-state index in [-0.39, 0.29) is 25.7 Å². The van der Waals surface area contributed by atoms with Gasteiger partial charge in [0.2, 0.25) is 0 Å². The minimum Gasteiger partial charge on any atom is -0.462 e. The number of hydrogen-bond acceptors (Lipinski definition) is 15. The average Bonchev–Trinajstić information content (AvgIpc) is 2.41. The van der Waals surface area contributed by atoms with Gasteiger partial charge in [0.25, 0.3) is 0 Å². The third-order valence-electron chi connectivity index (χ3n) is 18.8. The Labute approximate surface area is 594 Å². The number of ether oxygens (including phenoxy) is 4. The summed E-state index contributed by atoms with van der Waals surface area (Å²) in [5, 5.41) is 10.6. The number of phosphoric ester groups is 2. The summed E-state index contributed by atoms with van der Waals surface area (Å²) >= 11 is 0. The summed E-state index contributed by atoms with van der Waals surface area (Å²) in [6.07, 6.45) is 52.8. The molecular weight excluding hydrogens is 1270 g/mol. The number of hydrogen-bond donors (Lipinski definition) is 3. The van der Waals surface area contributed by atoms with E-state index in [1.165, 1.54) is 193 Å². The first kappa shape index (κ1) is 95.1. The number of esters is 4. The van der Waals surface area contributed by atoms with E-state index in [1.54, 1.807) is 0 Å². The first-order valence-electron chi connectivity index (χ1n) is 40.3. The predicted molar refractivity (Wildman–Crippen MR) is 395 cm³/mol. The fourth-order valence-electron chi connectivity index (χ4n) is 11.8. The second-order valence-electron chi connectivity index (χ2n) is 29.5. The Morgan fingerprint density at radius 2 is 0.495 bits per heavy atom. The first-order chi connectivity index (χ1) is 46.7. The number of aliphatic hydroxyl groups is 1. The number of aliphatic hydroxyl groups excluding tert-OH is 1. The van der Waals surface area contributed by atoms with Crippen molar-refractivity contribution in [1.82, 2.24) is 0 Å². The van der Waals surface area contributed by atoms with Gasteiger partial charge in [-0.05, 0) is 49.4 Å². The molecule has 0 rings (SSSR count). The zero-order valence-electron chi connectivity index (χ0n) is 63.7. The van der Waals surface area contributed by atoms with Gasteiger partial charge >= 0.3 is 39.5 Å². The number of unbranched alkanes of at least 4 members (excludes halogenated alkanes) is 39. The number of carbonyl (C=O) groups is 4. The molecule has 0 aliphatic rings. The number of phosphoric acid groups is 2. The highest BCUT2D eigenvalue weighted by atomic mass is 31.2. The van der Waals surface area contributed by atoms with Crippen molar-refractivity contribution in [2.24, 2.45) is 23.7 Å². The molecule has 0 saturated carbocycles. The zero-order valence-corrected chi connectivity index (χ0v) is 65.5. The molecule has 3 N–H and O–H groups in total. The SMILES string of the molecule is CCC(C)CCCCCCCCCCCCCCCCCCCCC(=O)O[C@H](COC(=O)CCCCCCCCCCC(C)C)COP(=O)(O)OCC(O)COP(=O)(O)OC[C@@H](COC(=O)CCCCCCCCCC(C)C)OC(=O)CCCCCCCCCCCCC(C)CC. The highest BCUT2D eigenvalue weighted by Crippen LogP contribution is 2.45. The maximum absolute atomic E-state index is 13.1. The molecule has 0 radical (unpaired) electrons. The van der Waals surface area contributed by atoms with Gasteiger partial charge in [0.15, 0.2) is 12.2 Å². The van der Waals surface area contributed by atoms with Crippen molar-refractivity contribution in [3.63, 3.8) is 0 Å². The van der Waals surface area contributed by atoms with Gasteiger partial charge in [0.05, 0.1) is 26.4 Å². The van der Waals surface area contributed by atoms with Gasteiger partial charge in [0, 0.05) is 25.7 Å².